The Kier molecular flexibility index (Phi) is 6.93. The van der Waals surface area contributed by atoms with Crippen LogP contribution in [0, 0.1) is 0 Å². The van der Waals surface area contributed by atoms with Gasteiger partial charge in [0.05, 0.1) is 32.4 Å². The lowest BCUT2D eigenvalue weighted by Crippen LogP contribution is -2.29. The van der Waals surface area contributed by atoms with Crippen molar-refractivity contribution in [3.8, 4) is 0 Å². The zero-order valence-electron chi connectivity index (χ0n) is 19.1. The first kappa shape index (κ1) is 25.0. The summed E-state index contributed by atoms with van der Waals surface area (Å²) >= 11 is 13.9. The summed E-state index contributed by atoms with van der Waals surface area (Å²) in [5, 5.41) is 0.944. The van der Waals surface area contributed by atoms with Crippen LogP contribution in [0.3, 0.4) is 0 Å². The molecule has 36 heavy (non-hydrogen) atoms. The van der Waals surface area contributed by atoms with E-state index in [9.17, 15) is 13.2 Å². The Morgan fingerprint density at radius 2 is 1.86 bits per heavy atom. The molecule has 0 N–H and O–H groups in total. The normalized spacial score (nSPS) is 14.0. The van der Waals surface area contributed by atoms with E-state index in [1.54, 1.807) is 25.3 Å². The number of sulfonamides is 1. The third-order valence-electron chi connectivity index (χ3n) is 5.95. The Bertz CT molecular complexity index is 1640. The molecule has 1 aliphatic rings. The van der Waals surface area contributed by atoms with Crippen LogP contribution in [0.5, 0.6) is 0 Å². The van der Waals surface area contributed by atoms with Crippen LogP contribution in [0.15, 0.2) is 70.6 Å². The molecule has 2 heterocycles. The van der Waals surface area contributed by atoms with Gasteiger partial charge in [0.1, 0.15) is 0 Å². The molecular weight excluding hydrogens is 541 g/mol. The molecule has 3 aromatic carbocycles. The fourth-order valence-corrected chi connectivity index (χ4v) is 7.55. The monoisotopic (exact) mass is 561 g/mol. The third-order valence-corrected chi connectivity index (χ3v) is 9.30. The molecule has 4 aromatic rings. The summed E-state index contributed by atoms with van der Waals surface area (Å²) in [5.74, 6) is -0.495. The summed E-state index contributed by atoms with van der Waals surface area (Å²) in [6.07, 6.45) is 0.665. The number of hydrogen-bond donors (Lipinski definition) is 0. The van der Waals surface area contributed by atoms with Crippen LogP contribution >= 0.6 is 34.5 Å². The largest absolute Gasteiger partial charge is 0.383 e. The number of amides is 1. The minimum Gasteiger partial charge on any atom is -0.383 e. The van der Waals surface area contributed by atoms with E-state index in [0.29, 0.717) is 46.7 Å². The van der Waals surface area contributed by atoms with E-state index in [4.69, 9.17) is 27.9 Å². The number of thiazole rings is 1. The van der Waals surface area contributed by atoms with E-state index in [2.05, 4.69) is 4.99 Å². The maximum atomic E-state index is 13.3. The molecule has 0 saturated heterocycles. The summed E-state index contributed by atoms with van der Waals surface area (Å²) in [7, 11) is -2.16. The standard InChI is InChI=1S/C25H21Cl2N3O4S2/c1-34-13-12-29-23-20(27)14-18(26)15-22(23)35-25(29)28-24(31)17-6-8-19(9-7-17)36(32,33)30-11-10-16-4-2-3-5-21(16)30/h2-9,14-15H,10-13H2,1H3. The summed E-state index contributed by atoms with van der Waals surface area (Å²) in [4.78, 5) is 17.9. The minimum absolute atomic E-state index is 0.120. The molecule has 0 fully saturated rings. The molecule has 0 unspecified atom stereocenters. The van der Waals surface area contributed by atoms with Crippen LogP contribution in [0.2, 0.25) is 10.0 Å². The number of methoxy groups -OCH3 is 1. The molecule has 0 aliphatic carbocycles. The highest BCUT2D eigenvalue weighted by molar-refractivity contribution is 7.92. The van der Waals surface area contributed by atoms with Gasteiger partial charge in [-0.05, 0) is 54.4 Å². The van der Waals surface area contributed by atoms with Crippen molar-refractivity contribution in [2.24, 2.45) is 4.99 Å². The molecule has 1 amide bonds. The highest BCUT2D eigenvalue weighted by atomic mass is 35.5. The molecule has 11 heteroatoms. The topological polar surface area (TPSA) is 81.0 Å². The van der Waals surface area contributed by atoms with Gasteiger partial charge in [-0.3, -0.25) is 9.10 Å². The third kappa shape index (κ3) is 4.57. The molecule has 1 aliphatic heterocycles. The average molecular weight is 563 g/mol. The van der Waals surface area contributed by atoms with Crippen molar-refractivity contribution >= 4 is 66.4 Å². The molecule has 0 radical (unpaired) electrons. The smallest absolute Gasteiger partial charge is 0.279 e. The molecule has 5 rings (SSSR count). The SMILES string of the molecule is COCCn1c(=NC(=O)c2ccc(S(=O)(=O)N3CCc4ccccc43)cc2)sc2cc(Cl)cc(Cl)c21. The molecule has 1 aromatic heterocycles. The fourth-order valence-electron chi connectivity index (χ4n) is 4.21. The number of carbonyl (C=O) groups is 1. The second-order valence-corrected chi connectivity index (χ2v) is 11.9. The second-order valence-electron chi connectivity index (χ2n) is 8.16. The van der Waals surface area contributed by atoms with Gasteiger partial charge in [-0.1, -0.05) is 52.7 Å². The number of benzene rings is 3. The number of carbonyl (C=O) groups excluding carboxylic acids is 1. The summed E-state index contributed by atoms with van der Waals surface area (Å²) in [6.45, 7) is 1.23. The maximum Gasteiger partial charge on any atom is 0.279 e. The predicted octanol–water partition coefficient (Wildman–Crippen LogP) is 5.15. The Balaban J connectivity index is 1.47. The molecule has 186 valence electrons. The van der Waals surface area contributed by atoms with Gasteiger partial charge in [0.25, 0.3) is 15.9 Å². The summed E-state index contributed by atoms with van der Waals surface area (Å²) in [5.41, 5.74) is 2.69. The number of fused-ring (bicyclic) bond motifs is 2. The molecule has 0 saturated carbocycles. The van der Waals surface area contributed by atoms with Crippen molar-refractivity contribution in [3.63, 3.8) is 0 Å². The highest BCUT2D eigenvalue weighted by Crippen LogP contribution is 2.33. The van der Waals surface area contributed by atoms with Crippen LogP contribution < -0.4 is 9.11 Å². The van der Waals surface area contributed by atoms with Crippen LogP contribution in [0.4, 0.5) is 5.69 Å². The number of hydrogen-bond acceptors (Lipinski definition) is 5. The van der Waals surface area contributed by atoms with Crippen molar-refractivity contribution in [2.45, 2.75) is 17.9 Å². The van der Waals surface area contributed by atoms with E-state index in [1.807, 2.05) is 22.8 Å². The Morgan fingerprint density at radius 1 is 1.11 bits per heavy atom. The van der Waals surface area contributed by atoms with Crippen LogP contribution in [0.1, 0.15) is 15.9 Å². The molecular formula is C25H21Cl2N3O4S2. The van der Waals surface area contributed by atoms with Crippen molar-refractivity contribution in [1.82, 2.24) is 4.57 Å². The summed E-state index contributed by atoms with van der Waals surface area (Å²) < 4.78 is 35.7. The van der Waals surface area contributed by atoms with Crippen LogP contribution in [-0.4, -0.2) is 39.2 Å². The number of ether oxygens (including phenoxy) is 1. The van der Waals surface area contributed by atoms with Crippen molar-refractivity contribution in [1.29, 1.82) is 0 Å². The Morgan fingerprint density at radius 3 is 2.61 bits per heavy atom. The van der Waals surface area contributed by atoms with Gasteiger partial charge < -0.3 is 9.30 Å². The maximum absolute atomic E-state index is 13.3. The number of nitrogens with zero attached hydrogens (tertiary/aromatic N) is 3. The van der Waals surface area contributed by atoms with Gasteiger partial charge in [-0.15, -0.1) is 0 Å². The number of aromatic nitrogens is 1. The van der Waals surface area contributed by atoms with E-state index >= 15 is 0 Å². The van der Waals surface area contributed by atoms with E-state index in [1.165, 1.54) is 39.9 Å². The molecule has 0 atom stereocenters. The van der Waals surface area contributed by atoms with Gasteiger partial charge in [0, 0.05) is 30.8 Å². The van der Waals surface area contributed by atoms with Gasteiger partial charge in [-0.2, -0.15) is 4.99 Å². The zero-order valence-corrected chi connectivity index (χ0v) is 22.3. The van der Waals surface area contributed by atoms with E-state index < -0.39 is 15.9 Å². The second kappa shape index (κ2) is 9.99. The lowest BCUT2D eigenvalue weighted by atomic mass is 10.2. The molecule has 0 bridgehead atoms. The first-order valence-corrected chi connectivity index (χ1v) is 14.1. The lowest BCUT2D eigenvalue weighted by Gasteiger charge is -2.19. The van der Waals surface area contributed by atoms with Gasteiger partial charge in [-0.25, -0.2) is 8.42 Å². The highest BCUT2D eigenvalue weighted by Gasteiger charge is 2.30. The van der Waals surface area contributed by atoms with Gasteiger partial charge in [0.15, 0.2) is 4.80 Å². The van der Waals surface area contributed by atoms with Crippen molar-refractivity contribution in [2.75, 3.05) is 24.6 Å². The lowest BCUT2D eigenvalue weighted by molar-refractivity contribution is 0.0997. The predicted molar refractivity (Wildman–Crippen MR) is 143 cm³/mol. The minimum atomic E-state index is -3.75. The Labute approximate surface area is 222 Å². The number of anilines is 1. The quantitative estimate of drug-likeness (QED) is 0.326. The Hall–Kier alpha value is -2.69. The molecule has 7 nitrogen and oxygen atoms in total. The zero-order chi connectivity index (χ0) is 25.4. The van der Waals surface area contributed by atoms with Crippen LogP contribution in [0.25, 0.3) is 10.2 Å². The van der Waals surface area contributed by atoms with Crippen LogP contribution in [-0.2, 0) is 27.7 Å². The van der Waals surface area contributed by atoms with Crippen molar-refractivity contribution in [3.05, 3.63) is 86.6 Å². The van der Waals surface area contributed by atoms with Gasteiger partial charge >= 0.3 is 0 Å². The van der Waals surface area contributed by atoms with Gasteiger partial charge in [0.2, 0.25) is 0 Å². The average Bonchev–Trinajstić information content (AvgIpc) is 3.44. The summed E-state index contributed by atoms with van der Waals surface area (Å²) in [6, 6.07) is 16.7. The molecule has 0 spiro atoms. The first-order valence-electron chi connectivity index (χ1n) is 11.1. The van der Waals surface area contributed by atoms with Crippen molar-refractivity contribution < 1.29 is 17.9 Å². The fraction of sp³-hybridized carbons (Fsp3) is 0.200. The van der Waals surface area contributed by atoms with E-state index in [0.717, 1.165) is 15.8 Å². The number of para-hydroxylation sites is 1. The van der Waals surface area contributed by atoms with E-state index in [-0.39, 0.29) is 10.5 Å². The number of rotatable bonds is 6. The number of halogens is 2. The first-order chi connectivity index (χ1) is 17.3.